The molecule has 0 heterocycles. The summed E-state index contributed by atoms with van der Waals surface area (Å²) in [4.78, 5) is 0. The second-order valence-electron chi connectivity index (χ2n) is 5.84. The number of benzene rings is 1. The first-order chi connectivity index (χ1) is 9.29. The molecule has 2 atom stereocenters. The molecular weight excluding hydrogens is 257 g/mol. The van der Waals surface area contributed by atoms with Crippen molar-refractivity contribution >= 4 is 0 Å². The van der Waals surface area contributed by atoms with Crippen LogP contribution in [0.5, 0.6) is 5.75 Å². The van der Waals surface area contributed by atoms with Crippen LogP contribution in [-0.4, -0.2) is 25.9 Å². The summed E-state index contributed by atoms with van der Waals surface area (Å²) in [7, 11) is 3.31. The lowest BCUT2D eigenvalue weighted by atomic mass is 9.98. The van der Waals surface area contributed by atoms with E-state index in [1.807, 2.05) is 6.92 Å². The molecule has 0 saturated heterocycles. The molecular formula is C16H26FNO2. The maximum Gasteiger partial charge on any atom is 0.123 e. The summed E-state index contributed by atoms with van der Waals surface area (Å²) in [6.45, 7) is 8.22. The van der Waals surface area contributed by atoms with Gasteiger partial charge in [0, 0.05) is 24.8 Å². The van der Waals surface area contributed by atoms with Crippen molar-refractivity contribution in [3.63, 3.8) is 0 Å². The zero-order valence-corrected chi connectivity index (χ0v) is 13.3. The molecule has 0 amide bonds. The predicted octanol–water partition coefficient (Wildman–Crippen LogP) is 3.69. The van der Waals surface area contributed by atoms with Gasteiger partial charge in [-0.1, -0.05) is 0 Å². The Hall–Kier alpha value is -1.13. The molecule has 3 nitrogen and oxygen atoms in total. The van der Waals surface area contributed by atoms with Crippen molar-refractivity contribution in [2.24, 2.45) is 0 Å². The van der Waals surface area contributed by atoms with Crippen LogP contribution in [0.15, 0.2) is 18.2 Å². The first-order valence-electron chi connectivity index (χ1n) is 6.93. The van der Waals surface area contributed by atoms with Crippen LogP contribution in [0.3, 0.4) is 0 Å². The molecule has 0 aliphatic rings. The van der Waals surface area contributed by atoms with E-state index in [4.69, 9.17) is 9.47 Å². The van der Waals surface area contributed by atoms with Crippen LogP contribution < -0.4 is 10.1 Å². The molecule has 0 fully saturated rings. The van der Waals surface area contributed by atoms with Crippen LogP contribution in [0, 0.1) is 5.82 Å². The van der Waals surface area contributed by atoms with E-state index in [0.29, 0.717) is 5.75 Å². The fourth-order valence-electron chi connectivity index (χ4n) is 2.44. The van der Waals surface area contributed by atoms with Crippen molar-refractivity contribution < 1.29 is 13.9 Å². The third kappa shape index (κ3) is 4.76. The molecule has 0 aliphatic carbocycles. The van der Waals surface area contributed by atoms with E-state index >= 15 is 0 Å². The number of halogens is 1. The van der Waals surface area contributed by atoms with E-state index in [2.05, 4.69) is 26.1 Å². The number of rotatable bonds is 7. The third-order valence-electron chi connectivity index (χ3n) is 3.54. The van der Waals surface area contributed by atoms with E-state index in [1.54, 1.807) is 20.3 Å². The number of methoxy groups -OCH3 is 2. The topological polar surface area (TPSA) is 30.5 Å². The third-order valence-corrected chi connectivity index (χ3v) is 3.54. The first-order valence-corrected chi connectivity index (χ1v) is 6.93. The van der Waals surface area contributed by atoms with Crippen LogP contribution in [0.4, 0.5) is 4.39 Å². The zero-order valence-electron chi connectivity index (χ0n) is 13.3. The fraction of sp³-hybridized carbons (Fsp3) is 0.625. The quantitative estimate of drug-likeness (QED) is 0.828. The summed E-state index contributed by atoms with van der Waals surface area (Å²) >= 11 is 0. The van der Waals surface area contributed by atoms with E-state index in [-0.39, 0.29) is 23.5 Å². The highest BCUT2D eigenvalue weighted by atomic mass is 19.1. The molecule has 0 bridgehead atoms. The lowest BCUT2D eigenvalue weighted by Crippen LogP contribution is -2.37. The maximum absolute atomic E-state index is 13.4. The van der Waals surface area contributed by atoms with Gasteiger partial charge in [0.05, 0.1) is 12.7 Å². The Morgan fingerprint density at radius 1 is 1.25 bits per heavy atom. The van der Waals surface area contributed by atoms with E-state index in [0.717, 1.165) is 12.0 Å². The molecule has 0 spiro atoms. The summed E-state index contributed by atoms with van der Waals surface area (Å²) in [6.07, 6.45) is 0.867. The van der Waals surface area contributed by atoms with Crippen molar-refractivity contribution in [1.82, 2.24) is 5.32 Å². The van der Waals surface area contributed by atoms with Gasteiger partial charge in [-0.3, -0.25) is 0 Å². The molecule has 0 aliphatic heterocycles. The highest BCUT2D eigenvalue weighted by Gasteiger charge is 2.22. The molecule has 4 heteroatoms. The van der Waals surface area contributed by atoms with Crippen LogP contribution in [0.1, 0.15) is 45.7 Å². The van der Waals surface area contributed by atoms with Crippen molar-refractivity contribution in [3.8, 4) is 5.75 Å². The minimum Gasteiger partial charge on any atom is -0.496 e. The Balaban J connectivity index is 2.76. The van der Waals surface area contributed by atoms with Crippen molar-refractivity contribution in [1.29, 1.82) is 0 Å². The largest absolute Gasteiger partial charge is 0.496 e. The number of ether oxygens (including phenoxy) is 2. The normalized spacial score (nSPS) is 14.9. The predicted molar refractivity (Wildman–Crippen MR) is 79.7 cm³/mol. The molecule has 1 aromatic carbocycles. The summed E-state index contributed by atoms with van der Waals surface area (Å²) in [5, 5.41) is 3.46. The minimum atomic E-state index is -0.251. The summed E-state index contributed by atoms with van der Waals surface area (Å²) in [5.41, 5.74) is 0.646. The summed E-state index contributed by atoms with van der Waals surface area (Å²) in [6, 6.07) is 4.83. The fourth-order valence-corrected chi connectivity index (χ4v) is 2.44. The molecule has 0 aromatic heterocycles. The molecule has 0 radical (unpaired) electrons. The second-order valence-corrected chi connectivity index (χ2v) is 5.84. The van der Waals surface area contributed by atoms with E-state index in [9.17, 15) is 4.39 Å². The second kappa shape index (κ2) is 7.04. The number of hydrogen-bond acceptors (Lipinski definition) is 3. The summed E-state index contributed by atoms with van der Waals surface area (Å²) < 4.78 is 24.1. The standard InChI is InChI=1S/C16H26FNO2/c1-11(10-16(3,4)20-6)18-12(2)14-9-13(17)7-8-15(14)19-5/h7-9,11-12,18H,10H2,1-6H3. The van der Waals surface area contributed by atoms with Gasteiger partial charge in [-0.15, -0.1) is 0 Å². The smallest absolute Gasteiger partial charge is 0.123 e. The molecule has 1 rings (SSSR count). The zero-order chi connectivity index (χ0) is 15.3. The maximum atomic E-state index is 13.4. The van der Waals surface area contributed by atoms with Gasteiger partial charge in [-0.05, 0) is 52.3 Å². The Bertz CT molecular complexity index is 434. The van der Waals surface area contributed by atoms with Gasteiger partial charge < -0.3 is 14.8 Å². The van der Waals surface area contributed by atoms with Crippen LogP contribution in [-0.2, 0) is 4.74 Å². The van der Waals surface area contributed by atoms with Gasteiger partial charge in [0.25, 0.3) is 0 Å². The Labute approximate surface area is 121 Å². The summed E-state index contributed by atoms with van der Waals surface area (Å²) in [5.74, 6) is 0.448. The molecule has 1 aromatic rings. The average Bonchev–Trinajstić information content (AvgIpc) is 2.37. The Kier molecular flexibility index (Phi) is 5.96. The number of hydrogen-bond donors (Lipinski definition) is 1. The van der Waals surface area contributed by atoms with Crippen LogP contribution in [0.2, 0.25) is 0 Å². The van der Waals surface area contributed by atoms with Crippen molar-refractivity contribution in [2.75, 3.05) is 14.2 Å². The van der Waals surface area contributed by atoms with Crippen LogP contribution >= 0.6 is 0 Å². The molecule has 0 saturated carbocycles. The molecule has 20 heavy (non-hydrogen) atoms. The van der Waals surface area contributed by atoms with Gasteiger partial charge in [0.2, 0.25) is 0 Å². The lowest BCUT2D eigenvalue weighted by Gasteiger charge is -2.29. The Morgan fingerprint density at radius 2 is 1.90 bits per heavy atom. The van der Waals surface area contributed by atoms with Gasteiger partial charge in [-0.2, -0.15) is 0 Å². The molecule has 2 unspecified atom stereocenters. The van der Waals surface area contributed by atoms with E-state index < -0.39 is 0 Å². The van der Waals surface area contributed by atoms with Gasteiger partial charge in [0.1, 0.15) is 11.6 Å². The molecule has 114 valence electrons. The monoisotopic (exact) mass is 283 g/mol. The SMILES string of the molecule is COc1ccc(F)cc1C(C)NC(C)CC(C)(C)OC. The first kappa shape index (κ1) is 16.9. The minimum absolute atomic E-state index is 0.00306. The highest BCUT2D eigenvalue weighted by Crippen LogP contribution is 2.27. The van der Waals surface area contributed by atoms with Crippen molar-refractivity contribution in [2.45, 2.75) is 51.8 Å². The van der Waals surface area contributed by atoms with Crippen LogP contribution in [0.25, 0.3) is 0 Å². The van der Waals surface area contributed by atoms with Gasteiger partial charge in [0.15, 0.2) is 0 Å². The van der Waals surface area contributed by atoms with Crippen molar-refractivity contribution in [3.05, 3.63) is 29.6 Å². The lowest BCUT2D eigenvalue weighted by molar-refractivity contribution is 0.00780. The van der Waals surface area contributed by atoms with Gasteiger partial charge in [-0.25, -0.2) is 4.39 Å². The number of nitrogens with one attached hydrogen (secondary N) is 1. The molecule has 1 N–H and O–H groups in total. The van der Waals surface area contributed by atoms with E-state index in [1.165, 1.54) is 12.1 Å². The van der Waals surface area contributed by atoms with Gasteiger partial charge >= 0.3 is 0 Å². The Morgan fingerprint density at radius 3 is 2.45 bits per heavy atom. The average molecular weight is 283 g/mol. The highest BCUT2D eigenvalue weighted by molar-refractivity contribution is 5.36.